The minimum Gasteiger partial charge on any atom is -0.449 e. The summed E-state index contributed by atoms with van der Waals surface area (Å²) in [5.74, 6) is -1.21. The number of hydrogen-bond donors (Lipinski definition) is 5. The van der Waals surface area contributed by atoms with Crippen molar-refractivity contribution in [3.63, 3.8) is 0 Å². The predicted octanol–water partition coefficient (Wildman–Crippen LogP) is 4.28. The van der Waals surface area contributed by atoms with Gasteiger partial charge in [-0.2, -0.15) is 0 Å². The van der Waals surface area contributed by atoms with Gasteiger partial charge in [-0.3, -0.25) is 34.1 Å². The summed E-state index contributed by atoms with van der Waals surface area (Å²) in [5.41, 5.74) is 16.4. The molecular formula is C48H56N6O10. The average Bonchev–Trinajstić information content (AvgIpc) is 3.86. The van der Waals surface area contributed by atoms with Crippen molar-refractivity contribution in [2.45, 2.75) is 75.2 Å². The molecule has 7 rings (SSSR count). The van der Waals surface area contributed by atoms with E-state index < -0.39 is 28.9 Å². The molecule has 3 aliphatic rings. The molecule has 4 aromatic rings. The average molecular weight is 877 g/mol. The zero-order valence-electron chi connectivity index (χ0n) is 36.0. The monoisotopic (exact) mass is 876 g/mol. The summed E-state index contributed by atoms with van der Waals surface area (Å²) in [7, 11) is 0. The first-order valence-corrected chi connectivity index (χ1v) is 21.0. The predicted molar refractivity (Wildman–Crippen MR) is 237 cm³/mol. The number of carbonyl (C=O) groups is 8. The highest BCUT2D eigenvalue weighted by atomic mass is 16.6. The third-order valence-electron chi connectivity index (χ3n) is 11.2. The highest BCUT2D eigenvalue weighted by molar-refractivity contribution is 6.13. The first-order chi connectivity index (χ1) is 30.7. The van der Waals surface area contributed by atoms with Crippen LogP contribution in [0.4, 0.5) is 9.59 Å². The lowest BCUT2D eigenvalue weighted by Gasteiger charge is -2.34. The van der Waals surface area contributed by atoms with Gasteiger partial charge in [0.1, 0.15) is 30.1 Å². The third kappa shape index (κ3) is 12.4. The van der Waals surface area contributed by atoms with Crippen LogP contribution in [-0.2, 0) is 49.1 Å². The van der Waals surface area contributed by atoms with Gasteiger partial charge in [0.25, 0.3) is 0 Å². The minimum absolute atomic E-state index is 0.0324. The molecule has 16 heteroatoms. The van der Waals surface area contributed by atoms with Crippen molar-refractivity contribution in [1.82, 2.24) is 15.5 Å². The molecule has 0 aromatic heterocycles. The fourth-order valence-corrected chi connectivity index (χ4v) is 7.94. The quantitative estimate of drug-likeness (QED) is 0.0997. The van der Waals surface area contributed by atoms with Crippen molar-refractivity contribution in [3.8, 4) is 0 Å². The lowest BCUT2D eigenvalue weighted by molar-refractivity contribution is -0.139. The normalized spacial score (nSPS) is 17.8. The highest BCUT2D eigenvalue weighted by Gasteiger charge is 2.49. The van der Waals surface area contributed by atoms with E-state index in [4.69, 9.17) is 26.7 Å². The van der Waals surface area contributed by atoms with Crippen molar-refractivity contribution < 1.29 is 47.8 Å². The number of hydrogen-bond acceptors (Lipinski definition) is 10. The summed E-state index contributed by atoms with van der Waals surface area (Å²) in [5, 5.41) is 5.22. The van der Waals surface area contributed by atoms with Gasteiger partial charge in [0, 0.05) is 32.4 Å². The van der Waals surface area contributed by atoms with E-state index in [-0.39, 0.29) is 61.0 Å². The van der Waals surface area contributed by atoms with Crippen LogP contribution >= 0.6 is 0 Å². The zero-order chi connectivity index (χ0) is 46.7. The molecule has 64 heavy (non-hydrogen) atoms. The van der Waals surface area contributed by atoms with E-state index in [1.165, 1.54) is 0 Å². The second-order valence-corrected chi connectivity index (χ2v) is 15.1. The number of ether oxygens (including phenoxy) is 2. The van der Waals surface area contributed by atoms with Gasteiger partial charge in [-0.15, -0.1) is 0 Å². The summed E-state index contributed by atoms with van der Waals surface area (Å²) in [6.45, 7) is 4.96. The first-order valence-electron chi connectivity index (χ1n) is 21.0. The molecule has 0 saturated carbocycles. The summed E-state index contributed by atoms with van der Waals surface area (Å²) in [6.07, 6.45) is 1.39. The largest absolute Gasteiger partial charge is 0.449 e. The van der Waals surface area contributed by atoms with E-state index in [1.54, 1.807) is 4.90 Å². The number of imide groups is 1. The van der Waals surface area contributed by atoms with E-state index >= 15 is 0 Å². The van der Waals surface area contributed by atoms with E-state index in [1.807, 2.05) is 135 Å². The molecule has 3 aliphatic heterocycles. The second-order valence-electron chi connectivity index (χ2n) is 15.1. The number of primary amides is 3. The van der Waals surface area contributed by atoms with Crippen molar-refractivity contribution in [2.75, 3.05) is 26.3 Å². The standard InChI is InChI=1S/C16H13NO2.C13H15NO2.C11H14N2O4.C8H14N2O2/c18-14-11-16(15(19)17-14,12-7-3-1-4-8-12)13-9-5-2-6-10-13;1-2-13(10-6-4-3-5-7-10)11(15)8-9-14-12(13)16;12-10(14)16-6-9(7-17-11(13)15)8-4-2-1-3-5-8;1-2-6(8(9)12)10-5-3-4-7(10)11/h1-10H,11H2,(H,17,18,19);3-7H,2,8-9H2,1H3,(H,14,16);1-5,9H,6-7H2,(H2,12,14)(H2,13,15);6H,2-5H2,1H3,(H2,9,12)/t;;;6-/m...0/s1. The number of nitrogens with zero attached hydrogens (tertiary/aromatic N) is 1. The zero-order valence-corrected chi connectivity index (χ0v) is 36.0. The Morgan fingerprint density at radius 2 is 1.16 bits per heavy atom. The van der Waals surface area contributed by atoms with Gasteiger partial charge < -0.3 is 36.9 Å². The van der Waals surface area contributed by atoms with Crippen LogP contribution < -0.4 is 27.8 Å². The molecule has 3 saturated heterocycles. The number of benzene rings is 4. The van der Waals surface area contributed by atoms with Crippen LogP contribution in [0.5, 0.6) is 0 Å². The van der Waals surface area contributed by atoms with E-state index in [2.05, 4.69) is 10.6 Å². The van der Waals surface area contributed by atoms with Crippen molar-refractivity contribution in [1.29, 1.82) is 0 Å². The summed E-state index contributed by atoms with van der Waals surface area (Å²) in [6, 6.07) is 37.0. The molecule has 8 N–H and O–H groups in total. The third-order valence-corrected chi connectivity index (χ3v) is 11.2. The Bertz CT molecular complexity index is 2150. The maximum atomic E-state index is 12.4. The molecule has 0 radical (unpaired) electrons. The molecule has 1 unspecified atom stereocenters. The Kier molecular flexibility index (Phi) is 18.3. The second kappa shape index (κ2) is 23.7. The smallest absolute Gasteiger partial charge is 0.404 e. The highest BCUT2D eigenvalue weighted by Crippen LogP contribution is 2.39. The molecule has 3 fully saturated rings. The number of amides is 7. The minimum atomic E-state index is -0.959. The number of Topliss-reactive ketones (excluding diaryl/α,β-unsaturated/α-hetero) is 1. The molecule has 338 valence electrons. The maximum Gasteiger partial charge on any atom is 0.404 e. The van der Waals surface area contributed by atoms with Gasteiger partial charge in [-0.1, -0.05) is 135 Å². The fourth-order valence-electron chi connectivity index (χ4n) is 7.94. The number of nitrogens with one attached hydrogen (secondary N) is 2. The Hall–Kier alpha value is -7.36. The molecule has 2 atom stereocenters. The van der Waals surface area contributed by atoms with Gasteiger partial charge in [-0.25, -0.2) is 9.59 Å². The van der Waals surface area contributed by atoms with Gasteiger partial charge in [0.2, 0.25) is 29.5 Å². The van der Waals surface area contributed by atoms with E-state index in [0.29, 0.717) is 38.8 Å². The van der Waals surface area contributed by atoms with Crippen LogP contribution in [0.2, 0.25) is 0 Å². The lowest BCUT2D eigenvalue weighted by Crippen LogP contribution is -2.54. The molecule has 7 amide bonds. The van der Waals surface area contributed by atoms with Gasteiger partial charge in [-0.05, 0) is 41.5 Å². The SMILES string of the molecule is CCC1(c2ccccc2)C(=O)CCNC1=O.CC[C@@H](C(N)=O)N1CCCC1=O.NC(=O)OCC(COC(N)=O)c1ccccc1.O=C1CC(c2ccccc2)(c2ccccc2)C(=O)N1. The number of carbonyl (C=O) groups excluding carboxylic acids is 8. The molecule has 16 nitrogen and oxygen atoms in total. The van der Waals surface area contributed by atoms with Gasteiger partial charge in [0.05, 0.1) is 5.92 Å². The number of rotatable bonds is 12. The molecule has 0 bridgehead atoms. The Morgan fingerprint density at radius 1 is 0.672 bits per heavy atom. The maximum absolute atomic E-state index is 12.4. The number of nitrogens with two attached hydrogens (primary N) is 3. The van der Waals surface area contributed by atoms with Crippen LogP contribution in [-0.4, -0.2) is 84.8 Å². The summed E-state index contributed by atoms with van der Waals surface area (Å²) >= 11 is 0. The van der Waals surface area contributed by atoms with Crippen molar-refractivity contribution in [3.05, 3.63) is 144 Å². The van der Waals surface area contributed by atoms with Gasteiger partial charge >= 0.3 is 12.2 Å². The number of ketones is 1. The van der Waals surface area contributed by atoms with Crippen LogP contribution in [0, 0.1) is 0 Å². The summed E-state index contributed by atoms with van der Waals surface area (Å²) < 4.78 is 9.39. The topological polar surface area (TPSA) is 260 Å². The van der Waals surface area contributed by atoms with E-state index in [9.17, 15) is 38.4 Å². The molecule has 4 aromatic carbocycles. The lowest BCUT2D eigenvalue weighted by atomic mass is 9.71. The summed E-state index contributed by atoms with van der Waals surface area (Å²) in [4.78, 5) is 92.9. The molecule has 0 spiro atoms. The van der Waals surface area contributed by atoms with Crippen LogP contribution in [0.3, 0.4) is 0 Å². The van der Waals surface area contributed by atoms with Crippen molar-refractivity contribution >= 4 is 47.5 Å². The fraction of sp³-hybridized carbons (Fsp3) is 0.333. The molecule has 3 heterocycles. The Morgan fingerprint density at radius 3 is 1.53 bits per heavy atom. The van der Waals surface area contributed by atoms with Crippen LogP contribution in [0.15, 0.2) is 121 Å². The number of piperidine rings is 1. The Labute approximate surface area is 372 Å². The van der Waals surface area contributed by atoms with Gasteiger partial charge in [0.15, 0.2) is 5.78 Å². The van der Waals surface area contributed by atoms with Crippen molar-refractivity contribution in [2.24, 2.45) is 17.2 Å². The number of likely N-dealkylation sites (tertiary alicyclic amines) is 1. The van der Waals surface area contributed by atoms with Crippen LogP contribution in [0.25, 0.3) is 0 Å². The molecule has 0 aliphatic carbocycles. The van der Waals surface area contributed by atoms with E-state index in [0.717, 1.165) is 28.7 Å². The molecular weight excluding hydrogens is 821 g/mol. The Balaban J connectivity index is 0.000000189. The van der Waals surface area contributed by atoms with Crippen LogP contribution in [0.1, 0.15) is 80.5 Å². The first kappa shape index (κ1) is 49.3.